The van der Waals surface area contributed by atoms with Crippen molar-refractivity contribution in [2.45, 2.75) is 25.3 Å². The third kappa shape index (κ3) is 4.31. The van der Waals surface area contributed by atoms with E-state index in [0.29, 0.717) is 0 Å². The molecule has 0 bridgehead atoms. The predicted molar refractivity (Wildman–Crippen MR) is 66.0 cm³/mol. The standard InChI is InChI=1S/C13H13F2N3O2/c14-9-3-1-4-10(15)8(9)7-12(19)18-11(13(17)20)5-2-6-16/h1,3-4,11H,2,5,7H2,(H2,17,20)(H,18,19)/t11-/m1/s1. The fourth-order valence-corrected chi connectivity index (χ4v) is 1.60. The van der Waals surface area contributed by atoms with Gasteiger partial charge in [-0.25, -0.2) is 8.78 Å². The summed E-state index contributed by atoms with van der Waals surface area (Å²) in [6.45, 7) is 0. The molecule has 1 aromatic rings. The molecule has 0 aliphatic heterocycles. The van der Waals surface area contributed by atoms with Crippen molar-refractivity contribution in [1.29, 1.82) is 5.26 Å². The smallest absolute Gasteiger partial charge is 0.240 e. The summed E-state index contributed by atoms with van der Waals surface area (Å²) in [5.41, 5.74) is 4.69. The number of halogens is 2. The third-order valence-electron chi connectivity index (χ3n) is 2.62. The molecule has 106 valence electrons. The number of rotatable bonds is 6. The van der Waals surface area contributed by atoms with Gasteiger partial charge >= 0.3 is 0 Å². The Labute approximate surface area is 114 Å². The molecule has 0 saturated heterocycles. The summed E-state index contributed by atoms with van der Waals surface area (Å²) in [5.74, 6) is -3.22. The number of nitrogens with zero attached hydrogens (tertiary/aromatic N) is 1. The lowest BCUT2D eigenvalue weighted by Crippen LogP contribution is -2.45. The first kappa shape index (κ1) is 15.6. The molecule has 20 heavy (non-hydrogen) atoms. The van der Waals surface area contributed by atoms with Crippen LogP contribution in [0.25, 0.3) is 0 Å². The van der Waals surface area contributed by atoms with E-state index >= 15 is 0 Å². The molecule has 1 aromatic carbocycles. The van der Waals surface area contributed by atoms with Gasteiger partial charge in [-0.2, -0.15) is 5.26 Å². The average Bonchev–Trinajstić information content (AvgIpc) is 2.38. The van der Waals surface area contributed by atoms with Crippen LogP contribution >= 0.6 is 0 Å². The highest BCUT2D eigenvalue weighted by Gasteiger charge is 2.19. The van der Waals surface area contributed by atoms with Crippen molar-refractivity contribution in [2.24, 2.45) is 5.73 Å². The molecular weight excluding hydrogens is 268 g/mol. The number of carbonyl (C=O) groups is 2. The molecule has 0 aromatic heterocycles. The lowest BCUT2D eigenvalue weighted by Gasteiger charge is -2.14. The average molecular weight is 281 g/mol. The number of nitrogens with two attached hydrogens (primary N) is 1. The van der Waals surface area contributed by atoms with E-state index in [-0.39, 0.29) is 18.4 Å². The van der Waals surface area contributed by atoms with Crippen LogP contribution in [0.3, 0.4) is 0 Å². The number of nitriles is 1. The lowest BCUT2D eigenvalue weighted by molar-refractivity contribution is -0.127. The SMILES string of the molecule is N#CCC[C@@H](NC(=O)Cc1c(F)cccc1F)C(N)=O. The summed E-state index contributed by atoms with van der Waals surface area (Å²) < 4.78 is 26.7. The van der Waals surface area contributed by atoms with Gasteiger partial charge in [0.15, 0.2) is 0 Å². The summed E-state index contributed by atoms with van der Waals surface area (Å²) in [7, 11) is 0. The molecule has 0 aliphatic carbocycles. The van der Waals surface area contributed by atoms with Crippen molar-refractivity contribution in [3.8, 4) is 6.07 Å². The number of carbonyl (C=O) groups excluding carboxylic acids is 2. The highest BCUT2D eigenvalue weighted by molar-refractivity contribution is 5.87. The van der Waals surface area contributed by atoms with Crippen molar-refractivity contribution in [3.05, 3.63) is 35.4 Å². The van der Waals surface area contributed by atoms with Gasteiger partial charge in [0.2, 0.25) is 11.8 Å². The van der Waals surface area contributed by atoms with E-state index < -0.39 is 35.9 Å². The monoisotopic (exact) mass is 281 g/mol. The Morgan fingerprint density at radius 1 is 1.35 bits per heavy atom. The Hall–Kier alpha value is -2.49. The molecule has 7 heteroatoms. The summed E-state index contributed by atoms with van der Waals surface area (Å²) in [4.78, 5) is 22.7. The van der Waals surface area contributed by atoms with Crippen molar-refractivity contribution < 1.29 is 18.4 Å². The molecule has 0 spiro atoms. The molecule has 5 nitrogen and oxygen atoms in total. The summed E-state index contributed by atoms with van der Waals surface area (Å²) in [5, 5.41) is 10.7. The Morgan fingerprint density at radius 2 is 1.95 bits per heavy atom. The minimum Gasteiger partial charge on any atom is -0.368 e. The highest BCUT2D eigenvalue weighted by atomic mass is 19.1. The van der Waals surface area contributed by atoms with Gasteiger partial charge in [-0.3, -0.25) is 9.59 Å². The zero-order valence-electron chi connectivity index (χ0n) is 10.5. The number of benzene rings is 1. The van der Waals surface area contributed by atoms with E-state index in [1.165, 1.54) is 6.07 Å². The molecule has 0 saturated carbocycles. The molecule has 1 rings (SSSR count). The Balaban J connectivity index is 2.71. The maximum atomic E-state index is 13.4. The summed E-state index contributed by atoms with van der Waals surface area (Å²) in [6.07, 6.45) is -0.464. The van der Waals surface area contributed by atoms with E-state index in [4.69, 9.17) is 11.0 Å². The Morgan fingerprint density at radius 3 is 2.45 bits per heavy atom. The van der Waals surface area contributed by atoms with Crippen LogP contribution in [0, 0.1) is 23.0 Å². The lowest BCUT2D eigenvalue weighted by atomic mass is 10.1. The Kier molecular flexibility index (Phi) is 5.59. The normalized spacial score (nSPS) is 11.4. The van der Waals surface area contributed by atoms with Crippen LogP contribution in [0.15, 0.2) is 18.2 Å². The van der Waals surface area contributed by atoms with E-state index in [1.807, 2.05) is 6.07 Å². The predicted octanol–water partition coefficient (Wildman–Crippen LogP) is 0.781. The second-order valence-corrected chi connectivity index (χ2v) is 4.10. The first-order chi connectivity index (χ1) is 9.45. The number of hydrogen-bond donors (Lipinski definition) is 2. The van der Waals surface area contributed by atoms with E-state index in [9.17, 15) is 18.4 Å². The van der Waals surface area contributed by atoms with Gasteiger partial charge in [0, 0.05) is 12.0 Å². The third-order valence-corrected chi connectivity index (χ3v) is 2.62. The van der Waals surface area contributed by atoms with E-state index in [0.717, 1.165) is 12.1 Å². The van der Waals surface area contributed by atoms with Gasteiger partial charge in [-0.1, -0.05) is 6.07 Å². The molecule has 0 heterocycles. The first-order valence-corrected chi connectivity index (χ1v) is 5.84. The van der Waals surface area contributed by atoms with Crippen molar-refractivity contribution in [1.82, 2.24) is 5.32 Å². The molecule has 2 amide bonds. The van der Waals surface area contributed by atoms with Gasteiger partial charge in [0.05, 0.1) is 12.5 Å². The van der Waals surface area contributed by atoms with Gasteiger partial charge in [0.25, 0.3) is 0 Å². The number of primary amides is 1. The molecule has 0 unspecified atom stereocenters. The van der Waals surface area contributed by atoms with Crippen LogP contribution in [0.5, 0.6) is 0 Å². The van der Waals surface area contributed by atoms with Crippen LogP contribution in [-0.2, 0) is 16.0 Å². The van der Waals surface area contributed by atoms with Gasteiger partial charge in [-0.15, -0.1) is 0 Å². The highest BCUT2D eigenvalue weighted by Crippen LogP contribution is 2.12. The quantitative estimate of drug-likeness (QED) is 0.806. The molecule has 3 N–H and O–H groups in total. The van der Waals surface area contributed by atoms with Gasteiger partial charge in [-0.05, 0) is 18.6 Å². The molecule has 0 radical (unpaired) electrons. The number of nitrogens with one attached hydrogen (secondary N) is 1. The fourth-order valence-electron chi connectivity index (χ4n) is 1.60. The second kappa shape index (κ2) is 7.19. The van der Waals surface area contributed by atoms with Crippen LogP contribution < -0.4 is 11.1 Å². The van der Waals surface area contributed by atoms with Crippen LogP contribution in [-0.4, -0.2) is 17.9 Å². The fraction of sp³-hybridized carbons (Fsp3) is 0.308. The maximum Gasteiger partial charge on any atom is 0.240 e. The number of amides is 2. The van der Waals surface area contributed by atoms with Crippen LogP contribution in [0.4, 0.5) is 8.78 Å². The minimum atomic E-state index is -1.03. The van der Waals surface area contributed by atoms with E-state index in [1.54, 1.807) is 0 Å². The van der Waals surface area contributed by atoms with E-state index in [2.05, 4.69) is 5.32 Å². The maximum absolute atomic E-state index is 13.4. The van der Waals surface area contributed by atoms with Crippen molar-refractivity contribution in [2.75, 3.05) is 0 Å². The Bertz CT molecular complexity index is 535. The minimum absolute atomic E-state index is 0.0297. The van der Waals surface area contributed by atoms with Crippen LogP contribution in [0.1, 0.15) is 18.4 Å². The van der Waals surface area contributed by atoms with Crippen molar-refractivity contribution >= 4 is 11.8 Å². The number of hydrogen-bond acceptors (Lipinski definition) is 3. The zero-order valence-corrected chi connectivity index (χ0v) is 10.5. The largest absolute Gasteiger partial charge is 0.368 e. The zero-order chi connectivity index (χ0) is 15.1. The summed E-state index contributed by atoms with van der Waals surface area (Å²) >= 11 is 0. The summed E-state index contributed by atoms with van der Waals surface area (Å²) in [6, 6.07) is 4.04. The molecular formula is C13H13F2N3O2. The second-order valence-electron chi connectivity index (χ2n) is 4.10. The van der Waals surface area contributed by atoms with Gasteiger partial charge < -0.3 is 11.1 Å². The first-order valence-electron chi connectivity index (χ1n) is 5.84. The molecule has 1 atom stereocenters. The molecule has 0 aliphatic rings. The van der Waals surface area contributed by atoms with Crippen LogP contribution in [0.2, 0.25) is 0 Å². The topological polar surface area (TPSA) is 96.0 Å². The van der Waals surface area contributed by atoms with Crippen molar-refractivity contribution in [3.63, 3.8) is 0 Å². The van der Waals surface area contributed by atoms with Gasteiger partial charge in [0.1, 0.15) is 17.7 Å². The molecule has 0 fully saturated rings.